The molecule has 2 aliphatic rings. The summed E-state index contributed by atoms with van der Waals surface area (Å²) >= 11 is 0. The van der Waals surface area contributed by atoms with Crippen molar-refractivity contribution >= 4 is 5.91 Å². The number of likely N-dealkylation sites (N-methyl/N-ethyl adjacent to an activating group) is 1. The van der Waals surface area contributed by atoms with E-state index in [-0.39, 0.29) is 5.91 Å². The third-order valence-corrected chi connectivity index (χ3v) is 5.14. The number of aryl methyl sites for hydroxylation is 2. The topological polar surface area (TPSA) is 23.6 Å². The van der Waals surface area contributed by atoms with E-state index in [0.29, 0.717) is 6.42 Å². The zero-order chi connectivity index (χ0) is 15.4. The molecule has 3 heteroatoms. The van der Waals surface area contributed by atoms with Crippen LogP contribution in [0.25, 0.3) is 0 Å². The Kier molecular flexibility index (Phi) is 5.14. The van der Waals surface area contributed by atoms with Gasteiger partial charge in [-0.15, -0.1) is 0 Å². The zero-order valence-electron chi connectivity index (χ0n) is 13.8. The van der Waals surface area contributed by atoms with Crippen LogP contribution in [0.1, 0.15) is 42.4 Å². The van der Waals surface area contributed by atoms with Crippen molar-refractivity contribution in [2.45, 2.75) is 44.9 Å². The van der Waals surface area contributed by atoms with E-state index in [1.807, 2.05) is 11.9 Å². The Labute approximate surface area is 134 Å². The Hall–Kier alpha value is -1.35. The Morgan fingerprint density at radius 2 is 1.86 bits per heavy atom. The van der Waals surface area contributed by atoms with Crippen LogP contribution in [-0.2, 0) is 24.1 Å². The maximum Gasteiger partial charge on any atom is 0.226 e. The molecule has 1 aliphatic carbocycles. The molecule has 1 heterocycles. The van der Waals surface area contributed by atoms with Crippen molar-refractivity contribution in [3.8, 4) is 0 Å². The number of piperidine rings is 1. The highest BCUT2D eigenvalue weighted by Crippen LogP contribution is 2.23. The molecule has 0 aromatic heterocycles. The zero-order valence-corrected chi connectivity index (χ0v) is 13.8. The minimum atomic E-state index is 0.245. The van der Waals surface area contributed by atoms with Crippen molar-refractivity contribution in [1.29, 1.82) is 0 Å². The van der Waals surface area contributed by atoms with E-state index in [2.05, 4.69) is 23.1 Å². The van der Waals surface area contributed by atoms with Gasteiger partial charge in [0, 0.05) is 20.1 Å². The predicted molar refractivity (Wildman–Crippen MR) is 90.1 cm³/mol. The number of benzene rings is 1. The molecule has 0 radical (unpaired) electrons. The molecule has 0 saturated carbocycles. The van der Waals surface area contributed by atoms with Gasteiger partial charge in [-0.25, -0.2) is 0 Å². The monoisotopic (exact) mass is 300 g/mol. The van der Waals surface area contributed by atoms with Gasteiger partial charge in [0.15, 0.2) is 0 Å². The van der Waals surface area contributed by atoms with Gasteiger partial charge < -0.3 is 9.80 Å². The molecule has 0 atom stereocenters. The number of hydrogen-bond donors (Lipinski definition) is 0. The quantitative estimate of drug-likeness (QED) is 0.834. The summed E-state index contributed by atoms with van der Waals surface area (Å²) < 4.78 is 0. The molecule has 1 saturated heterocycles. The minimum absolute atomic E-state index is 0.245. The molecule has 0 spiro atoms. The largest absolute Gasteiger partial charge is 0.344 e. The van der Waals surface area contributed by atoms with Crippen LogP contribution >= 0.6 is 0 Å². The van der Waals surface area contributed by atoms with E-state index in [9.17, 15) is 4.79 Å². The Balaban J connectivity index is 1.48. The van der Waals surface area contributed by atoms with Crippen molar-refractivity contribution in [3.63, 3.8) is 0 Å². The third-order valence-electron chi connectivity index (χ3n) is 5.14. The fourth-order valence-electron chi connectivity index (χ4n) is 3.64. The Morgan fingerprint density at radius 3 is 2.68 bits per heavy atom. The standard InChI is InChI=1S/C19H28N2O/c1-20(12-13-21-10-3-2-4-11-21)19(22)15-16-8-9-17-6-5-7-18(17)14-16/h8-9,14H,2-7,10-13,15H2,1H3. The molecule has 0 unspecified atom stereocenters. The summed E-state index contributed by atoms with van der Waals surface area (Å²) in [5, 5.41) is 0. The van der Waals surface area contributed by atoms with E-state index < -0.39 is 0 Å². The Morgan fingerprint density at radius 1 is 1.09 bits per heavy atom. The average molecular weight is 300 g/mol. The Bertz CT molecular complexity index is 520. The van der Waals surface area contributed by atoms with Crippen LogP contribution in [0.15, 0.2) is 18.2 Å². The van der Waals surface area contributed by atoms with Crippen LogP contribution < -0.4 is 0 Å². The lowest BCUT2D eigenvalue weighted by molar-refractivity contribution is -0.129. The second kappa shape index (κ2) is 7.28. The molecule has 120 valence electrons. The molecular weight excluding hydrogens is 272 g/mol. The van der Waals surface area contributed by atoms with Gasteiger partial charge in [-0.3, -0.25) is 4.79 Å². The maximum absolute atomic E-state index is 12.4. The molecular formula is C19H28N2O. The molecule has 0 bridgehead atoms. The van der Waals surface area contributed by atoms with Gasteiger partial charge >= 0.3 is 0 Å². The first-order valence-electron chi connectivity index (χ1n) is 8.79. The average Bonchev–Trinajstić information content (AvgIpc) is 3.01. The summed E-state index contributed by atoms with van der Waals surface area (Å²) in [6.45, 7) is 4.27. The lowest BCUT2D eigenvalue weighted by atomic mass is 10.0. The molecule has 1 aromatic rings. The number of amides is 1. The van der Waals surface area contributed by atoms with Crippen LogP contribution in [0, 0.1) is 0 Å². The summed E-state index contributed by atoms with van der Waals surface area (Å²) in [6, 6.07) is 6.61. The van der Waals surface area contributed by atoms with Gasteiger partial charge in [-0.1, -0.05) is 24.6 Å². The summed E-state index contributed by atoms with van der Waals surface area (Å²) in [7, 11) is 1.94. The van der Waals surface area contributed by atoms with Crippen LogP contribution in [0.2, 0.25) is 0 Å². The summed E-state index contributed by atoms with van der Waals surface area (Å²) in [5.74, 6) is 0.245. The fourth-order valence-corrected chi connectivity index (χ4v) is 3.64. The summed E-state index contributed by atoms with van der Waals surface area (Å²) in [4.78, 5) is 16.8. The van der Waals surface area contributed by atoms with E-state index in [1.54, 1.807) is 0 Å². The van der Waals surface area contributed by atoms with Gasteiger partial charge in [-0.05, 0) is 61.9 Å². The number of fused-ring (bicyclic) bond motifs is 1. The first-order valence-corrected chi connectivity index (χ1v) is 8.79. The number of carbonyl (C=O) groups excluding carboxylic acids is 1. The highest BCUT2D eigenvalue weighted by Gasteiger charge is 2.15. The molecule has 22 heavy (non-hydrogen) atoms. The highest BCUT2D eigenvalue weighted by molar-refractivity contribution is 5.78. The second-order valence-corrected chi connectivity index (χ2v) is 6.85. The number of hydrogen-bond acceptors (Lipinski definition) is 2. The van der Waals surface area contributed by atoms with Gasteiger partial charge in [0.1, 0.15) is 0 Å². The van der Waals surface area contributed by atoms with E-state index in [4.69, 9.17) is 0 Å². The lowest BCUT2D eigenvalue weighted by Gasteiger charge is -2.28. The van der Waals surface area contributed by atoms with E-state index in [0.717, 1.165) is 13.1 Å². The lowest BCUT2D eigenvalue weighted by Crippen LogP contribution is -2.39. The first kappa shape index (κ1) is 15.5. The molecule has 1 aliphatic heterocycles. The van der Waals surface area contributed by atoms with Crippen molar-refractivity contribution in [2.24, 2.45) is 0 Å². The highest BCUT2D eigenvalue weighted by atomic mass is 16.2. The van der Waals surface area contributed by atoms with Crippen molar-refractivity contribution < 1.29 is 4.79 Å². The van der Waals surface area contributed by atoms with Gasteiger partial charge in [-0.2, -0.15) is 0 Å². The predicted octanol–water partition coefficient (Wildman–Crippen LogP) is 2.66. The third kappa shape index (κ3) is 3.89. The summed E-state index contributed by atoms with van der Waals surface area (Å²) in [6.07, 6.45) is 8.19. The van der Waals surface area contributed by atoms with Crippen LogP contribution in [0.3, 0.4) is 0 Å². The van der Waals surface area contributed by atoms with Gasteiger partial charge in [0.05, 0.1) is 6.42 Å². The molecule has 0 N–H and O–H groups in total. The first-order chi connectivity index (χ1) is 10.7. The maximum atomic E-state index is 12.4. The van der Waals surface area contributed by atoms with Crippen LogP contribution in [0.4, 0.5) is 0 Å². The van der Waals surface area contributed by atoms with Crippen molar-refractivity contribution in [1.82, 2.24) is 9.80 Å². The van der Waals surface area contributed by atoms with Gasteiger partial charge in [0.25, 0.3) is 0 Å². The van der Waals surface area contributed by atoms with Crippen LogP contribution in [-0.4, -0.2) is 48.9 Å². The molecule has 1 aromatic carbocycles. The molecule has 1 amide bonds. The number of nitrogens with zero attached hydrogens (tertiary/aromatic N) is 2. The smallest absolute Gasteiger partial charge is 0.226 e. The SMILES string of the molecule is CN(CCN1CCCCC1)C(=O)Cc1ccc2c(c1)CCC2. The molecule has 1 fully saturated rings. The van der Waals surface area contributed by atoms with Crippen molar-refractivity contribution in [2.75, 3.05) is 33.2 Å². The number of carbonyl (C=O) groups is 1. The minimum Gasteiger partial charge on any atom is -0.344 e. The molecule has 3 rings (SSSR count). The van der Waals surface area contributed by atoms with Crippen molar-refractivity contribution in [3.05, 3.63) is 34.9 Å². The van der Waals surface area contributed by atoms with Gasteiger partial charge in [0.2, 0.25) is 5.91 Å². The summed E-state index contributed by atoms with van der Waals surface area (Å²) in [5.41, 5.74) is 4.12. The second-order valence-electron chi connectivity index (χ2n) is 6.85. The fraction of sp³-hybridized carbons (Fsp3) is 0.632. The number of rotatable bonds is 5. The van der Waals surface area contributed by atoms with Crippen LogP contribution in [0.5, 0.6) is 0 Å². The number of likely N-dealkylation sites (tertiary alicyclic amines) is 1. The normalized spacial score (nSPS) is 18.2. The van der Waals surface area contributed by atoms with E-state index >= 15 is 0 Å². The van der Waals surface area contributed by atoms with E-state index in [1.165, 1.54) is 68.3 Å². The molecule has 3 nitrogen and oxygen atoms in total.